The molecule has 0 heterocycles. The molecule has 0 fully saturated rings. The first-order chi connectivity index (χ1) is 7.38. The fourth-order valence-corrected chi connectivity index (χ4v) is 1.07. The summed E-state index contributed by atoms with van der Waals surface area (Å²) in [5, 5.41) is 2.53. The van der Waals surface area contributed by atoms with Crippen LogP contribution in [-0.4, -0.2) is 0 Å². The zero-order valence-electron chi connectivity index (χ0n) is 12.4. The molecule has 0 aromatic heterocycles. The Hall–Kier alpha value is 0.908. The predicted molar refractivity (Wildman–Crippen MR) is 76.5 cm³/mol. The maximum atomic E-state index is 3.04. The monoisotopic (exact) mass is 394 g/mol. The third-order valence-corrected chi connectivity index (χ3v) is 1.59. The minimum absolute atomic E-state index is 0. The fourth-order valence-electron chi connectivity index (χ4n) is 1.07. The number of hydrogen-bond donors (Lipinski definition) is 0. The van der Waals surface area contributed by atoms with Gasteiger partial charge >= 0.3 is 0 Å². The molecule has 0 aliphatic heterocycles. The van der Waals surface area contributed by atoms with E-state index < -0.39 is 0 Å². The van der Waals surface area contributed by atoms with Gasteiger partial charge in [-0.15, -0.1) is 16.8 Å². The van der Waals surface area contributed by atoms with Gasteiger partial charge in [0.15, 0.2) is 0 Å². The normalized spacial score (nSPS) is 6.89. The summed E-state index contributed by atoms with van der Waals surface area (Å²) in [6, 6.07) is 17.3. The van der Waals surface area contributed by atoms with E-state index in [0.717, 1.165) is 0 Å². The first-order valence-corrected chi connectivity index (χ1v) is 5.73. The molecule has 0 saturated heterocycles. The minimum Gasteiger partial charge on any atom is -0.358 e. The van der Waals surface area contributed by atoms with Crippen molar-refractivity contribution in [3.05, 3.63) is 56.0 Å². The molecule has 2 rings (SSSR count). The zero-order chi connectivity index (χ0) is 11.5. The van der Waals surface area contributed by atoms with Gasteiger partial charge in [-0.25, -0.2) is 0 Å². The fraction of sp³-hybridized carbons (Fsp3) is 0.312. The van der Waals surface area contributed by atoms with Crippen LogP contribution in [0.5, 0.6) is 0 Å². The van der Waals surface area contributed by atoms with Crippen LogP contribution in [0.25, 0.3) is 10.8 Å². The Kier molecular flexibility index (Phi) is 30.7. The SMILES string of the molecule is CC.CCC.[CH3-].[Y].[Y].[c-]1ccc2ccccc2c1. The van der Waals surface area contributed by atoms with Crippen LogP contribution >= 0.6 is 0 Å². The maximum absolute atomic E-state index is 3.04. The molecule has 18 heavy (non-hydrogen) atoms. The van der Waals surface area contributed by atoms with Crippen molar-refractivity contribution in [2.45, 2.75) is 34.1 Å². The largest absolute Gasteiger partial charge is 0.358 e. The van der Waals surface area contributed by atoms with Gasteiger partial charge in [-0.2, -0.15) is 24.3 Å². The summed E-state index contributed by atoms with van der Waals surface area (Å²) in [5.74, 6) is 0. The maximum Gasteiger partial charge on any atom is 0 e. The molecule has 0 N–H and O–H groups in total. The van der Waals surface area contributed by atoms with E-state index in [1.165, 1.54) is 17.2 Å². The molecule has 0 amide bonds. The quantitative estimate of drug-likeness (QED) is 0.516. The van der Waals surface area contributed by atoms with Crippen molar-refractivity contribution >= 4 is 10.8 Å². The number of rotatable bonds is 0. The molecule has 0 atom stereocenters. The van der Waals surface area contributed by atoms with E-state index >= 15 is 0 Å². The summed E-state index contributed by atoms with van der Waals surface area (Å²) in [6.07, 6.45) is 1.25. The van der Waals surface area contributed by atoms with Gasteiger partial charge in [0, 0.05) is 65.4 Å². The van der Waals surface area contributed by atoms with Crippen LogP contribution < -0.4 is 0 Å². The summed E-state index contributed by atoms with van der Waals surface area (Å²) in [5.41, 5.74) is 0. The Bertz CT molecular complexity index is 293. The number of fused-ring (bicyclic) bond motifs is 1. The summed E-state index contributed by atoms with van der Waals surface area (Å²) in [6.45, 7) is 8.25. The Balaban J connectivity index is -0.000000110. The van der Waals surface area contributed by atoms with Gasteiger partial charge in [0.05, 0.1) is 0 Å². The third kappa shape index (κ3) is 12.0. The molecule has 0 unspecified atom stereocenters. The van der Waals surface area contributed by atoms with E-state index in [-0.39, 0.29) is 72.8 Å². The van der Waals surface area contributed by atoms with Crippen molar-refractivity contribution in [3.8, 4) is 0 Å². The smallest absolute Gasteiger partial charge is 0 e. The van der Waals surface area contributed by atoms with Crippen LogP contribution in [0.15, 0.2) is 42.5 Å². The van der Waals surface area contributed by atoms with Crippen molar-refractivity contribution in [2.75, 3.05) is 0 Å². The second-order valence-electron chi connectivity index (χ2n) is 2.98. The summed E-state index contributed by atoms with van der Waals surface area (Å²) in [4.78, 5) is 0. The van der Waals surface area contributed by atoms with E-state index in [1.54, 1.807) is 0 Å². The van der Waals surface area contributed by atoms with Gasteiger partial charge < -0.3 is 7.43 Å². The van der Waals surface area contributed by atoms with Gasteiger partial charge in [-0.3, -0.25) is 0 Å². The van der Waals surface area contributed by atoms with Crippen LogP contribution in [-0.2, 0) is 65.4 Å². The molecule has 0 bridgehead atoms. The number of benzene rings is 2. The van der Waals surface area contributed by atoms with Gasteiger partial charge in [-0.05, 0) is 0 Å². The topological polar surface area (TPSA) is 0 Å². The molecule has 0 aliphatic rings. The molecule has 2 radical (unpaired) electrons. The Morgan fingerprint density at radius 1 is 0.889 bits per heavy atom. The van der Waals surface area contributed by atoms with Crippen molar-refractivity contribution < 1.29 is 65.4 Å². The van der Waals surface area contributed by atoms with Crippen molar-refractivity contribution in [2.24, 2.45) is 0 Å². The Morgan fingerprint density at radius 3 is 1.78 bits per heavy atom. The average Bonchev–Trinajstić information content (AvgIpc) is 2.33. The molecule has 2 aromatic rings. The van der Waals surface area contributed by atoms with Crippen LogP contribution in [0, 0.1) is 13.5 Å². The predicted octanol–water partition coefficient (Wildman–Crippen LogP) is 5.53. The molecule has 96 valence electrons. The van der Waals surface area contributed by atoms with Gasteiger partial charge in [-0.1, -0.05) is 52.3 Å². The summed E-state index contributed by atoms with van der Waals surface area (Å²) < 4.78 is 0. The van der Waals surface area contributed by atoms with Crippen molar-refractivity contribution in [1.29, 1.82) is 0 Å². The van der Waals surface area contributed by atoms with Gasteiger partial charge in [0.1, 0.15) is 0 Å². The number of hydrogen-bond acceptors (Lipinski definition) is 0. The Labute approximate surface area is 164 Å². The first kappa shape index (κ1) is 27.3. The van der Waals surface area contributed by atoms with E-state index in [1.807, 2.05) is 38.1 Å². The van der Waals surface area contributed by atoms with Crippen molar-refractivity contribution in [1.82, 2.24) is 0 Å². The van der Waals surface area contributed by atoms with Gasteiger partial charge in [0.2, 0.25) is 0 Å². The molecule has 0 spiro atoms. The van der Waals surface area contributed by atoms with E-state index in [2.05, 4.69) is 38.1 Å². The van der Waals surface area contributed by atoms with E-state index in [4.69, 9.17) is 0 Å². The molecule has 2 heteroatoms. The summed E-state index contributed by atoms with van der Waals surface area (Å²) >= 11 is 0. The molecule has 2 aromatic carbocycles. The van der Waals surface area contributed by atoms with Crippen molar-refractivity contribution in [3.63, 3.8) is 0 Å². The second-order valence-corrected chi connectivity index (χ2v) is 2.98. The second kappa shape index (κ2) is 20.2. The van der Waals surface area contributed by atoms with E-state index in [9.17, 15) is 0 Å². The Morgan fingerprint density at radius 2 is 1.33 bits per heavy atom. The molecule has 0 saturated carbocycles. The molecule has 0 nitrogen and oxygen atoms in total. The average molecular weight is 394 g/mol. The molecular formula is C16H24Y2-2. The van der Waals surface area contributed by atoms with Crippen LogP contribution in [0.1, 0.15) is 34.1 Å². The zero-order valence-corrected chi connectivity index (χ0v) is 18.1. The summed E-state index contributed by atoms with van der Waals surface area (Å²) in [7, 11) is 0. The minimum atomic E-state index is 0. The first-order valence-electron chi connectivity index (χ1n) is 5.73. The van der Waals surface area contributed by atoms with Crippen LogP contribution in [0.2, 0.25) is 0 Å². The third-order valence-electron chi connectivity index (χ3n) is 1.59. The van der Waals surface area contributed by atoms with Gasteiger partial charge in [0.25, 0.3) is 0 Å². The van der Waals surface area contributed by atoms with Crippen LogP contribution in [0.3, 0.4) is 0 Å². The standard InChI is InChI=1S/C10H7.C3H8.C2H6.CH3.2Y/c1-2-6-10-8-4-3-7-9(10)5-1;1-3-2;1-2;;;/h1-3,5-8H;3H2,1-2H3;1-2H3;1H3;;/q-1;;;-1;;. The molecule has 0 aliphatic carbocycles. The van der Waals surface area contributed by atoms with Crippen LogP contribution in [0.4, 0.5) is 0 Å². The molecular weight excluding hydrogens is 370 g/mol. The van der Waals surface area contributed by atoms with E-state index in [0.29, 0.717) is 0 Å².